The highest BCUT2D eigenvalue weighted by atomic mass is 127. The summed E-state index contributed by atoms with van der Waals surface area (Å²) in [7, 11) is 0. The van der Waals surface area contributed by atoms with Gasteiger partial charge in [-0.15, -0.1) is 0 Å². The standard InChI is InChI=1S/C10H11IOS/c1-7(2)13-10-5-4-9(12-11)6-8(10)3/h4-6H,1H2,2-3H3. The summed E-state index contributed by atoms with van der Waals surface area (Å²) in [5, 5.41) is 0. The average molecular weight is 306 g/mol. The van der Waals surface area contributed by atoms with Crippen LogP contribution in [-0.2, 0) is 0 Å². The van der Waals surface area contributed by atoms with Crippen LogP contribution in [-0.4, -0.2) is 0 Å². The predicted molar refractivity (Wildman–Crippen MR) is 66.5 cm³/mol. The van der Waals surface area contributed by atoms with E-state index in [1.165, 1.54) is 10.5 Å². The largest absolute Gasteiger partial charge is 0.428 e. The van der Waals surface area contributed by atoms with Crippen LogP contribution in [0.25, 0.3) is 0 Å². The molecule has 0 aromatic heterocycles. The SMILES string of the molecule is C=C(C)Sc1ccc(OI)cc1C. The summed E-state index contributed by atoms with van der Waals surface area (Å²) in [6, 6.07) is 6.05. The quantitative estimate of drug-likeness (QED) is 0.606. The lowest BCUT2D eigenvalue weighted by Gasteiger charge is -2.05. The molecule has 0 fully saturated rings. The second-order valence-corrected chi connectivity index (χ2v) is 4.59. The molecule has 0 saturated carbocycles. The van der Waals surface area contributed by atoms with E-state index in [0.29, 0.717) is 0 Å². The van der Waals surface area contributed by atoms with Crippen LogP contribution in [0.1, 0.15) is 12.5 Å². The second-order valence-electron chi connectivity index (χ2n) is 2.81. The van der Waals surface area contributed by atoms with Gasteiger partial charge in [0.25, 0.3) is 0 Å². The number of halogens is 1. The molecule has 0 N–H and O–H groups in total. The van der Waals surface area contributed by atoms with Crippen molar-refractivity contribution >= 4 is 34.8 Å². The summed E-state index contributed by atoms with van der Waals surface area (Å²) in [6.07, 6.45) is 0. The van der Waals surface area contributed by atoms with Gasteiger partial charge in [0.05, 0.1) is 0 Å². The van der Waals surface area contributed by atoms with Gasteiger partial charge in [-0.25, -0.2) is 0 Å². The molecule has 1 nitrogen and oxygen atoms in total. The molecule has 0 bridgehead atoms. The Kier molecular flexibility index (Phi) is 4.12. The zero-order valence-corrected chi connectivity index (χ0v) is 10.6. The van der Waals surface area contributed by atoms with E-state index in [9.17, 15) is 0 Å². The highest BCUT2D eigenvalue weighted by Gasteiger charge is 2.01. The van der Waals surface area contributed by atoms with Crippen LogP contribution in [0, 0.1) is 6.92 Å². The number of hydrogen-bond donors (Lipinski definition) is 0. The summed E-state index contributed by atoms with van der Waals surface area (Å²) in [6.45, 7) is 7.94. The lowest BCUT2D eigenvalue weighted by atomic mass is 10.2. The number of hydrogen-bond acceptors (Lipinski definition) is 2. The number of aryl methyl sites for hydroxylation is 1. The summed E-state index contributed by atoms with van der Waals surface area (Å²) in [5.74, 6) is 0.893. The molecule has 0 unspecified atom stereocenters. The van der Waals surface area contributed by atoms with Crippen molar-refractivity contribution in [2.24, 2.45) is 0 Å². The van der Waals surface area contributed by atoms with Crippen LogP contribution in [0.3, 0.4) is 0 Å². The molecule has 0 aliphatic rings. The van der Waals surface area contributed by atoms with Gasteiger partial charge in [-0.3, -0.25) is 0 Å². The van der Waals surface area contributed by atoms with E-state index in [1.807, 2.05) is 42.1 Å². The Bertz CT molecular complexity index is 323. The van der Waals surface area contributed by atoms with Gasteiger partial charge in [-0.2, -0.15) is 0 Å². The van der Waals surface area contributed by atoms with Crippen molar-refractivity contribution in [3.63, 3.8) is 0 Å². The lowest BCUT2D eigenvalue weighted by molar-refractivity contribution is 0.714. The van der Waals surface area contributed by atoms with E-state index in [2.05, 4.69) is 19.6 Å². The van der Waals surface area contributed by atoms with Crippen LogP contribution in [0.15, 0.2) is 34.6 Å². The predicted octanol–water partition coefficient (Wildman–Crippen LogP) is 4.35. The molecule has 0 spiro atoms. The van der Waals surface area contributed by atoms with E-state index in [4.69, 9.17) is 3.07 Å². The van der Waals surface area contributed by atoms with Crippen molar-refractivity contribution in [1.82, 2.24) is 0 Å². The molecular weight excluding hydrogens is 295 g/mol. The molecule has 1 rings (SSSR count). The molecule has 0 atom stereocenters. The Hall–Kier alpha value is -0.160. The van der Waals surface area contributed by atoms with Crippen molar-refractivity contribution < 1.29 is 3.07 Å². The Morgan fingerprint density at radius 2 is 2.23 bits per heavy atom. The molecule has 13 heavy (non-hydrogen) atoms. The molecular formula is C10H11IOS. The van der Waals surface area contributed by atoms with Gasteiger partial charge in [0.1, 0.15) is 5.75 Å². The first-order chi connectivity index (χ1) is 6.13. The molecule has 0 heterocycles. The van der Waals surface area contributed by atoms with E-state index in [-0.39, 0.29) is 0 Å². The third-order valence-electron chi connectivity index (χ3n) is 1.52. The minimum atomic E-state index is 0.893. The van der Waals surface area contributed by atoms with E-state index in [1.54, 1.807) is 11.8 Å². The zero-order chi connectivity index (χ0) is 9.84. The van der Waals surface area contributed by atoms with Crippen LogP contribution in [0.4, 0.5) is 0 Å². The fraction of sp³-hybridized carbons (Fsp3) is 0.200. The normalized spacial score (nSPS) is 9.77. The maximum absolute atomic E-state index is 5.09. The van der Waals surface area contributed by atoms with Crippen LogP contribution >= 0.6 is 34.8 Å². The van der Waals surface area contributed by atoms with Crippen molar-refractivity contribution in [2.75, 3.05) is 0 Å². The topological polar surface area (TPSA) is 9.23 Å². The second kappa shape index (κ2) is 4.91. The van der Waals surface area contributed by atoms with Crippen LogP contribution in [0.5, 0.6) is 5.75 Å². The summed E-state index contributed by atoms with van der Waals surface area (Å²) < 4.78 is 5.09. The lowest BCUT2D eigenvalue weighted by Crippen LogP contribution is -1.81. The van der Waals surface area contributed by atoms with Crippen LogP contribution in [0.2, 0.25) is 0 Å². The van der Waals surface area contributed by atoms with Gasteiger partial charge in [0.15, 0.2) is 23.0 Å². The van der Waals surface area contributed by atoms with Gasteiger partial charge >= 0.3 is 0 Å². The molecule has 0 amide bonds. The first kappa shape index (κ1) is 10.9. The van der Waals surface area contributed by atoms with E-state index < -0.39 is 0 Å². The number of rotatable bonds is 3. The molecule has 3 heteroatoms. The molecule has 1 aromatic carbocycles. The van der Waals surface area contributed by atoms with Gasteiger partial charge in [0, 0.05) is 4.90 Å². The minimum absolute atomic E-state index is 0.893. The van der Waals surface area contributed by atoms with Crippen molar-refractivity contribution in [3.05, 3.63) is 35.2 Å². The van der Waals surface area contributed by atoms with Gasteiger partial charge in [-0.1, -0.05) is 18.3 Å². The minimum Gasteiger partial charge on any atom is -0.428 e. The molecule has 70 valence electrons. The highest BCUT2D eigenvalue weighted by molar-refractivity contribution is 14.1. The first-order valence-electron chi connectivity index (χ1n) is 3.86. The van der Waals surface area contributed by atoms with Crippen molar-refractivity contribution in [2.45, 2.75) is 18.7 Å². The van der Waals surface area contributed by atoms with Gasteiger partial charge in [0.2, 0.25) is 0 Å². The smallest absolute Gasteiger partial charge is 0.192 e. The Morgan fingerprint density at radius 3 is 2.69 bits per heavy atom. The average Bonchev–Trinajstić information content (AvgIpc) is 2.08. The Morgan fingerprint density at radius 1 is 1.54 bits per heavy atom. The third kappa shape index (κ3) is 3.23. The van der Waals surface area contributed by atoms with Gasteiger partial charge in [-0.05, 0) is 42.5 Å². The fourth-order valence-electron chi connectivity index (χ4n) is 0.972. The van der Waals surface area contributed by atoms with Crippen molar-refractivity contribution in [1.29, 1.82) is 0 Å². The molecule has 0 aliphatic carbocycles. The van der Waals surface area contributed by atoms with E-state index in [0.717, 1.165) is 10.7 Å². The first-order valence-corrected chi connectivity index (χ1v) is 5.56. The van der Waals surface area contributed by atoms with Gasteiger partial charge < -0.3 is 3.07 Å². The molecule has 0 saturated heterocycles. The molecule has 0 radical (unpaired) electrons. The maximum atomic E-state index is 5.09. The number of thioether (sulfide) groups is 1. The van der Waals surface area contributed by atoms with E-state index >= 15 is 0 Å². The monoisotopic (exact) mass is 306 g/mol. The third-order valence-corrected chi connectivity index (χ3v) is 3.05. The zero-order valence-electron chi connectivity index (χ0n) is 7.63. The Balaban J connectivity index is 2.91. The molecule has 1 aromatic rings. The maximum Gasteiger partial charge on any atom is 0.192 e. The summed E-state index contributed by atoms with van der Waals surface area (Å²) >= 11 is 3.57. The Labute approximate surface area is 97.3 Å². The fourth-order valence-corrected chi connectivity index (χ4v) is 1.98. The highest BCUT2D eigenvalue weighted by Crippen LogP contribution is 2.30. The van der Waals surface area contributed by atoms with Crippen LogP contribution < -0.4 is 3.07 Å². The van der Waals surface area contributed by atoms with Crippen molar-refractivity contribution in [3.8, 4) is 5.75 Å². The number of allylic oxidation sites excluding steroid dienone is 1. The number of benzene rings is 1. The summed E-state index contributed by atoms with van der Waals surface area (Å²) in [5.41, 5.74) is 1.22. The summed E-state index contributed by atoms with van der Waals surface area (Å²) in [4.78, 5) is 2.34. The molecule has 0 aliphatic heterocycles.